The summed E-state index contributed by atoms with van der Waals surface area (Å²) in [7, 11) is 0. The number of benzene rings is 2. The highest BCUT2D eigenvalue weighted by Gasteiger charge is 2.46. The molecule has 4 amide bonds. The molecule has 0 radical (unpaired) electrons. The molecule has 2 aromatic carbocycles. The van der Waals surface area contributed by atoms with Crippen LogP contribution in [0, 0.1) is 0 Å². The molecule has 0 bridgehead atoms. The van der Waals surface area contributed by atoms with Gasteiger partial charge in [-0.05, 0) is 29.0 Å². The topological polar surface area (TPSA) is 57.7 Å². The zero-order valence-electron chi connectivity index (χ0n) is 16.1. The Morgan fingerprint density at radius 2 is 1.44 bits per heavy atom. The van der Waals surface area contributed by atoms with E-state index in [0.717, 1.165) is 20.9 Å². The molecule has 0 aliphatic carbocycles. The molecule has 1 aliphatic rings. The molecule has 1 aliphatic heterocycles. The molecule has 1 saturated heterocycles. The van der Waals surface area contributed by atoms with Crippen molar-refractivity contribution in [2.45, 2.75) is 45.7 Å². The number of urea groups is 1. The Hall–Kier alpha value is -2.95. The summed E-state index contributed by atoms with van der Waals surface area (Å²) in [5, 5.41) is 0. The van der Waals surface area contributed by atoms with E-state index in [1.165, 1.54) is 5.56 Å². The minimum absolute atomic E-state index is 0.0235. The predicted octanol–water partition coefficient (Wildman–Crippen LogP) is 4.04. The summed E-state index contributed by atoms with van der Waals surface area (Å²) in [5.41, 5.74) is 2.81. The van der Waals surface area contributed by atoms with Gasteiger partial charge in [0, 0.05) is 0 Å². The number of imide groups is 2. The predicted molar refractivity (Wildman–Crippen MR) is 103 cm³/mol. The van der Waals surface area contributed by atoms with Gasteiger partial charge in [-0.3, -0.25) is 14.5 Å². The van der Waals surface area contributed by atoms with Crippen molar-refractivity contribution in [2.75, 3.05) is 0 Å². The minimum atomic E-state index is -0.775. The summed E-state index contributed by atoms with van der Waals surface area (Å²) in [6.07, 6.45) is 0. The first-order valence-electron chi connectivity index (χ1n) is 9.03. The van der Waals surface area contributed by atoms with Crippen molar-refractivity contribution in [3.05, 3.63) is 71.3 Å². The van der Waals surface area contributed by atoms with Gasteiger partial charge in [0.25, 0.3) is 0 Å². The van der Waals surface area contributed by atoms with E-state index in [9.17, 15) is 14.4 Å². The Morgan fingerprint density at radius 3 is 2.00 bits per heavy atom. The highest BCUT2D eigenvalue weighted by atomic mass is 16.2. The van der Waals surface area contributed by atoms with Gasteiger partial charge in [-0.15, -0.1) is 0 Å². The Bertz CT molecular complexity index is 867. The Morgan fingerprint density at radius 1 is 0.852 bits per heavy atom. The molecule has 140 valence electrons. The van der Waals surface area contributed by atoms with E-state index in [4.69, 9.17) is 0 Å². The molecule has 0 N–H and O–H groups in total. The second-order valence-electron chi connectivity index (χ2n) is 7.88. The molecule has 1 unspecified atom stereocenters. The molecule has 1 heterocycles. The fraction of sp³-hybridized carbons (Fsp3) is 0.318. The second kappa shape index (κ2) is 6.99. The third-order valence-electron chi connectivity index (χ3n) is 4.91. The second-order valence-corrected chi connectivity index (χ2v) is 7.88. The lowest BCUT2D eigenvalue weighted by Gasteiger charge is -2.22. The summed E-state index contributed by atoms with van der Waals surface area (Å²) in [6, 6.07) is 15.9. The zero-order chi connectivity index (χ0) is 19.8. The van der Waals surface area contributed by atoms with E-state index in [1.807, 2.05) is 54.6 Å². The van der Waals surface area contributed by atoms with E-state index < -0.39 is 23.9 Å². The smallest absolute Gasteiger partial charge is 0.263 e. The monoisotopic (exact) mass is 364 g/mol. The van der Waals surface area contributed by atoms with E-state index in [2.05, 4.69) is 20.8 Å². The van der Waals surface area contributed by atoms with Crippen LogP contribution in [-0.2, 0) is 21.5 Å². The van der Waals surface area contributed by atoms with Crippen molar-refractivity contribution >= 4 is 17.8 Å². The number of hydrogen-bond acceptors (Lipinski definition) is 3. The van der Waals surface area contributed by atoms with Gasteiger partial charge >= 0.3 is 17.8 Å². The number of carbonyl (C=O) groups excluding carboxylic acids is 3. The normalized spacial score (nSPS) is 16.2. The van der Waals surface area contributed by atoms with Gasteiger partial charge in [-0.1, -0.05) is 75.4 Å². The van der Waals surface area contributed by atoms with Gasteiger partial charge in [0.2, 0.25) is 0 Å². The summed E-state index contributed by atoms with van der Waals surface area (Å²) in [6.45, 7) is 8.21. The highest BCUT2D eigenvalue weighted by molar-refractivity contribution is 6.44. The van der Waals surface area contributed by atoms with Gasteiger partial charge < -0.3 is 0 Å². The van der Waals surface area contributed by atoms with Gasteiger partial charge in [-0.2, -0.15) is 0 Å². The maximum atomic E-state index is 12.8. The summed E-state index contributed by atoms with van der Waals surface area (Å²) >= 11 is 0. The first-order valence-corrected chi connectivity index (χ1v) is 9.03. The molecule has 5 nitrogen and oxygen atoms in total. The molecule has 0 aromatic heterocycles. The SMILES string of the molecule is CC(c1ccccc1)N1C(=O)C(=O)N(Cc2ccc(C(C)(C)C)cc2)C1=O. The average molecular weight is 364 g/mol. The fourth-order valence-electron chi connectivity index (χ4n) is 3.18. The Labute approximate surface area is 159 Å². The maximum absolute atomic E-state index is 12.8. The zero-order valence-corrected chi connectivity index (χ0v) is 16.1. The van der Waals surface area contributed by atoms with Crippen LogP contribution < -0.4 is 0 Å². The molecule has 5 heteroatoms. The largest absolute Gasteiger partial charge is 0.335 e. The fourth-order valence-corrected chi connectivity index (χ4v) is 3.18. The number of nitrogens with zero attached hydrogens (tertiary/aromatic N) is 2. The van der Waals surface area contributed by atoms with Crippen LogP contribution in [0.5, 0.6) is 0 Å². The first kappa shape index (κ1) is 18.8. The maximum Gasteiger partial charge on any atom is 0.335 e. The quantitative estimate of drug-likeness (QED) is 0.608. The van der Waals surface area contributed by atoms with Crippen LogP contribution >= 0.6 is 0 Å². The van der Waals surface area contributed by atoms with E-state index >= 15 is 0 Å². The molecular weight excluding hydrogens is 340 g/mol. The summed E-state index contributed by atoms with van der Waals surface area (Å²) in [4.78, 5) is 39.7. The van der Waals surface area contributed by atoms with E-state index in [0.29, 0.717) is 0 Å². The highest BCUT2D eigenvalue weighted by Crippen LogP contribution is 2.28. The summed E-state index contributed by atoms with van der Waals surface area (Å²) in [5.74, 6) is -1.55. The molecule has 2 aromatic rings. The van der Waals surface area contributed by atoms with Gasteiger partial charge in [-0.25, -0.2) is 9.69 Å². The van der Waals surface area contributed by atoms with Crippen LogP contribution in [-0.4, -0.2) is 27.6 Å². The van der Waals surface area contributed by atoms with Crippen LogP contribution in [0.1, 0.15) is 50.4 Å². The molecule has 0 saturated carbocycles. The molecule has 1 atom stereocenters. The molecule has 3 rings (SSSR count). The van der Waals surface area contributed by atoms with Crippen LogP contribution in [0.15, 0.2) is 54.6 Å². The lowest BCUT2D eigenvalue weighted by Crippen LogP contribution is -2.35. The van der Waals surface area contributed by atoms with Crippen LogP contribution in [0.3, 0.4) is 0 Å². The number of amides is 4. The van der Waals surface area contributed by atoms with Crippen molar-refractivity contribution in [3.63, 3.8) is 0 Å². The average Bonchev–Trinajstić information content (AvgIpc) is 2.85. The lowest BCUT2D eigenvalue weighted by atomic mass is 9.87. The van der Waals surface area contributed by atoms with Gasteiger partial charge in [0.05, 0.1) is 12.6 Å². The van der Waals surface area contributed by atoms with Crippen LogP contribution in [0.4, 0.5) is 4.79 Å². The van der Waals surface area contributed by atoms with Crippen molar-refractivity contribution in [1.29, 1.82) is 0 Å². The first-order chi connectivity index (χ1) is 12.7. The third kappa shape index (κ3) is 3.63. The van der Waals surface area contributed by atoms with E-state index in [1.54, 1.807) is 6.92 Å². The molecule has 1 fully saturated rings. The lowest BCUT2D eigenvalue weighted by molar-refractivity contribution is -0.144. The van der Waals surface area contributed by atoms with Gasteiger partial charge in [0.15, 0.2) is 0 Å². The number of carbonyl (C=O) groups is 3. The van der Waals surface area contributed by atoms with Gasteiger partial charge in [0.1, 0.15) is 0 Å². The standard InChI is InChI=1S/C22H24N2O3/c1-15(17-8-6-5-7-9-17)24-20(26)19(25)23(21(24)27)14-16-10-12-18(13-11-16)22(2,3)4/h5-13,15H,14H2,1-4H3. The minimum Gasteiger partial charge on any atom is -0.263 e. The van der Waals surface area contributed by atoms with E-state index in [-0.39, 0.29) is 12.0 Å². The Balaban J connectivity index is 1.80. The van der Waals surface area contributed by atoms with Crippen molar-refractivity contribution in [1.82, 2.24) is 9.80 Å². The third-order valence-corrected chi connectivity index (χ3v) is 4.91. The van der Waals surface area contributed by atoms with Crippen molar-refractivity contribution in [2.24, 2.45) is 0 Å². The number of hydrogen-bond donors (Lipinski definition) is 0. The Kier molecular flexibility index (Phi) is 4.87. The molecular formula is C22H24N2O3. The van der Waals surface area contributed by atoms with Crippen molar-refractivity contribution in [3.8, 4) is 0 Å². The van der Waals surface area contributed by atoms with Crippen LogP contribution in [0.2, 0.25) is 0 Å². The van der Waals surface area contributed by atoms with Crippen LogP contribution in [0.25, 0.3) is 0 Å². The number of rotatable bonds is 4. The molecule has 27 heavy (non-hydrogen) atoms. The van der Waals surface area contributed by atoms with Crippen molar-refractivity contribution < 1.29 is 14.4 Å². The summed E-state index contributed by atoms with van der Waals surface area (Å²) < 4.78 is 0. The molecule has 0 spiro atoms.